The van der Waals surface area contributed by atoms with Gasteiger partial charge in [-0.1, -0.05) is 54.4 Å². The number of carbonyl (C=O) groups excluding carboxylic acids is 2. The minimum absolute atomic E-state index is 0.0681. The van der Waals surface area contributed by atoms with Crippen molar-refractivity contribution in [3.63, 3.8) is 0 Å². The first-order chi connectivity index (χ1) is 22.0. The van der Waals surface area contributed by atoms with Crippen LogP contribution in [0.1, 0.15) is 66.3 Å². The van der Waals surface area contributed by atoms with E-state index in [0.29, 0.717) is 58.9 Å². The van der Waals surface area contributed by atoms with Crippen LogP contribution in [0.25, 0.3) is 0 Å². The summed E-state index contributed by atoms with van der Waals surface area (Å²) in [6, 6.07) is 19.2. The molecule has 3 aromatic carbocycles. The van der Waals surface area contributed by atoms with Crippen molar-refractivity contribution < 1.29 is 24.2 Å². The normalized spacial score (nSPS) is 20.4. The van der Waals surface area contributed by atoms with Gasteiger partial charge in [0.15, 0.2) is 0 Å². The first-order valence-electron chi connectivity index (χ1n) is 15.9. The number of amides is 2. The summed E-state index contributed by atoms with van der Waals surface area (Å²) in [5.74, 6) is -0.181. The number of anilines is 1. The van der Waals surface area contributed by atoms with E-state index >= 15 is 0 Å². The summed E-state index contributed by atoms with van der Waals surface area (Å²) >= 11 is 12.4. The topological polar surface area (TPSA) is 91.3 Å². The van der Waals surface area contributed by atoms with E-state index < -0.39 is 6.04 Å². The SMILES string of the molecule is C[C@@H]1CCCCO[C@H](CN(C)Cc2ccc(Cl)c(Cl)c2)[C@@H](C)CN([C@@H](C)CO)C(=O)c2cc(NC(=O)c3ccccc3)ccc2O1. The molecule has 0 saturated carbocycles. The molecule has 0 bridgehead atoms. The molecule has 0 spiro atoms. The zero-order valence-electron chi connectivity index (χ0n) is 27.0. The Morgan fingerprint density at radius 3 is 2.54 bits per heavy atom. The number of fused-ring (bicyclic) bond motifs is 1. The number of hydrogen-bond donors (Lipinski definition) is 2. The molecule has 4 atom stereocenters. The Bertz CT molecular complexity index is 1460. The molecule has 0 unspecified atom stereocenters. The van der Waals surface area contributed by atoms with Crippen molar-refractivity contribution in [1.29, 1.82) is 0 Å². The second-order valence-electron chi connectivity index (χ2n) is 12.3. The zero-order chi connectivity index (χ0) is 33.2. The third kappa shape index (κ3) is 9.93. The van der Waals surface area contributed by atoms with E-state index in [4.69, 9.17) is 32.7 Å². The first-order valence-corrected chi connectivity index (χ1v) is 16.6. The summed E-state index contributed by atoms with van der Waals surface area (Å²) in [4.78, 5) is 31.1. The van der Waals surface area contributed by atoms with Crippen LogP contribution in [-0.2, 0) is 11.3 Å². The predicted octanol–water partition coefficient (Wildman–Crippen LogP) is 7.17. The Morgan fingerprint density at radius 2 is 1.83 bits per heavy atom. The van der Waals surface area contributed by atoms with Crippen LogP contribution in [0.15, 0.2) is 66.7 Å². The Labute approximate surface area is 282 Å². The van der Waals surface area contributed by atoms with E-state index in [-0.39, 0.29) is 36.5 Å². The lowest BCUT2D eigenvalue weighted by Crippen LogP contribution is -2.47. The molecule has 248 valence electrons. The lowest BCUT2D eigenvalue weighted by atomic mass is 10.0. The van der Waals surface area contributed by atoms with Crippen LogP contribution in [0, 0.1) is 5.92 Å². The summed E-state index contributed by atoms with van der Waals surface area (Å²) in [6.07, 6.45) is 2.25. The van der Waals surface area contributed by atoms with Gasteiger partial charge in [-0.15, -0.1) is 0 Å². The van der Waals surface area contributed by atoms with Gasteiger partial charge in [0.25, 0.3) is 11.8 Å². The Morgan fingerprint density at radius 1 is 1.07 bits per heavy atom. The molecule has 0 aromatic heterocycles. The second kappa shape index (κ2) is 17.1. The molecule has 0 fully saturated rings. The fourth-order valence-corrected chi connectivity index (χ4v) is 5.90. The van der Waals surface area contributed by atoms with Crippen LogP contribution >= 0.6 is 23.2 Å². The van der Waals surface area contributed by atoms with Gasteiger partial charge >= 0.3 is 0 Å². The van der Waals surface area contributed by atoms with Gasteiger partial charge in [-0.05, 0) is 88.2 Å². The van der Waals surface area contributed by atoms with E-state index in [0.717, 1.165) is 24.8 Å². The molecule has 0 saturated heterocycles. The summed E-state index contributed by atoms with van der Waals surface area (Å²) < 4.78 is 12.8. The highest BCUT2D eigenvalue weighted by atomic mass is 35.5. The van der Waals surface area contributed by atoms with Gasteiger partial charge in [0, 0.05) is 43.4 Å². The molecule has 8 nitrogen and oxygen atoms in total. The molecular formula is C36H45Cl2N3O5. The lowest BCUT2D eigenvalue weighted by Gasteiger charge is -2.36. The van der Waals surface area contributed by atoms with Gasteiger partial charge in [-0.3, -0.25) is 14.5 Å². The van der Waals surface area contributed by atoms with Crippen molar-refractivity contribution in [2.24, 2.45) is 5.92 Å². The van der Waals surface area contributed by atoms with Crippen LogP contribution in [0.4, 0.5) is 5.69 Å². The molecule has 46 heavy (non-hydrogen) atoms. The van der Waals surface area contributed by atoms with Crippen LogP contribution in [0.5, 0.6) is 5.75 Å². The minimum Gasteiger partial charge on any atom is -0.490 e. The summed E-state index contributed by atoms with van der Waals surface area (Å²) in [5.41, 5.74) is 2.36. The first kappa shape index (κ1) is 35.7. The summed E-state index contributed by atoms with van der Waals surface area (Å²) in [5, 5.41) is 14.2. The molecule has 2 amide bonds. The number of halogens is 2. The summed E-state index contributed by atoms with van der Waals surface area (Å²) in [6.45, 7) is 7.89. The quantitative estimate of drug-likeness (QED) is 0.264. The monoisotopic (exact) mass is 669 g/mol. The van der Waals surface area contributed by atoms with Crippen molar-refractivity contribution in [3.05, 3.63) is 93.5 Å². The van der Waals surface area contributed by atoms with E-state index in [1.54, 1.807) is 53.4 Å². The van der Waals surface area contributed by atoms with Gasteiger partial charge in [0.05, 0.1) is 40.5 Å². The van der Waals surface area contributed by atoms with Gasteiger partial charge in [-0.2, -0.15) is 0 Å². The van der Waals surface area contributed by atoms with E-state index in [2.05, 4.69) is 17.1 Å². The van der Waals surface area contributed by atoms with Crippen molar-refractivity contribution in [2.45, 2.75) is 64.8 Å². The molecule has 1 aliphatic heterocycles. The van der Waals surface area contributed by atoms with Crippen molar-refractivity contribution in [1.82, 2.24) is 9.80 Å². The van der Waals surface area contributed by atoms with Gasteiger partial charge in [-0.25, -0.2) is 0 Å². The van der Waals surface area contributed by atoms with Gasteiger partial charge < -0.3 is 24.8 Å². The van der Waals surface area contributed by atoms with E-state index in [9.17, 15) is 14.7 Å². The molecule has 0 aliphatic carbocycles. The standard InChI is InChI=1S/C36H45Cl2N3O5/c1-24-20-41(25(2)23-42)36(44)30-19-29(39-35(43)28-11-6-5-7-12-28)14-16-33(30)46-26(3)10-8-9-17-45-34(24)22-40(4)21-27-13-15-31(37)32(38)18-27/h5-7,11-16,18-19,24-26,34,42H,8-10,17,20-23H2,1-4H3,(H,39,43)/t24-,25-,26+,34+/m0/s1. The molecule has 1 aliphatic rings. The fourth-order valence-electron chi connectivity index (χ4n) is 5.58. The number of aliphatic hydroxyl groups is 1. The van der Waals surface area contributed by atoms with E-state index in [1.807, 2.05) is 39.1 Å². The van der Waals surface area contributed by atoms with Crippen LogP contribution in [0.2, 0.25) is 10.0 Å². The van der Waals surface area contributed by atoms with Gasteiger partial charge in [0.2, 0.25) is 0 Å². The number of nitrogens with one attached hydrogen (secondary N) is 1. The smallest absolute Gasteiger partial charge is 0.258 e. The van der Waals surface area contributed by atoms with Gasteiger partial charge in [0.1, 0.15) is 5.75 Å². The predicted molar refractivity (Wildman–Crippen MR) is 184 cm³/mol. The molecule has 4 rings (SSSR count). The third-order valence-electron chi connectivity index (χ3n) is 8.27. The molecule has 2 N–H and O–H groups in total. The summed E-state index contributed by atoms with van der Waals surface area (Å²) in [7, 11) is 2.03. The van der Waals surface area contributed by atoms with Crippen LogP contribution in [0.3, 0.4) is 0 Å². The van der Waals surface area contributed by atoms with Crippen molar-refractivity contribution in [2.75, 3.05) is 38.7 Å². The number of ether oxygens (including phenoxy) is 2. The number of hydrogen-bond acceptors (Lipinski definition) is 6. The highest BCUT2D eigenvalue weighted by Crippen LogP contribution is 2.29. The highest BCUT2D eigenvalue weighted by molar-refractivity contribution is 6.42. The van der Waals surface area contributed by atoms with Crippen molar-refractivity contribution in [3.8, 4) is 5.75 Å². The lowest BCUT2D eigenvalue weighted by molar-refractivity contribution is -0.0177. The maximum Gasteiger partial charge on any atom is 0.258 e. The number of likely N-dealkylation sites (N-methyl/N-ethyl adjacent to an activating group) is 1. The average Bonchev–Trinajstić information content (AvgIpc) is 3.04. The molecule has 0 radical (unpaired) electrons. The van der Waals surface area contributed by atoms with Crippen LogP contribution < -0.4 is 10.1 Å². The molecule has 1 heterocycles. The Balaban J connectivity index is 1.60. The Hall–Kier alpha value is -3.14. The molecular weight excluding hydrogens is 625 g/mol. The molecule has 10 heteroatoms. The maximum absolute atomic E-state index is 14.3. The fraction of sp³-hybridized carbons (Fsp3) is 0.444. The largest absolute Gasteiger partial charge is 0.490 e. The number of nitrogens with zero attached hydrogens (tertiary/aromatic N) is 2. The number of aliphatic hydroxyl groups excluding tert-OH is 1. The van der Waals surface area contributed by atoms with E-state index in [1.165, 1.54) is 0 Å². The number of benzene rings is 3. The highest BCUT2D eigenvalue weighted by Gasteiger charge is 2.30. The zero-order valence-corrected chi connectivity index (χ0v) is 28.6. The Kier molecular flexibility index (Phi) is 13.3. The van der Waals surface area contributed by atoms with Crippen LogP contribution in [-0.4, -0.2) is 78.3 Å². The maximum atomic E-state index is 14.3. The third-order valence-corrected chi connectivity index (χ3v) is 9.01. The minimum atomic E-state index is -0.467. The molecule has 3 aromatic rings. The van der Waals surface area contributed by atoms with Crippen molar-refractivity contribution >= 4 is 40.7 Å². The number of rotatable bonds is 8. The average molecular weight is 671 g/mol. The number of carbonyl (C=O) groups is 2. The second-order valence-corrected chi connectivity index (χ2v) is 13.1.